The van der Waals surface area contributed by atoms with E-state index in [0.29, 0.717) is 31.9 Å². The van der Waals surface area contributed by atoms with Gasteiger partial charge in [-0.3, -0.25) is 0 Å². The maximum atomic E-state index is 13.9. The summed E-state index contributed by atoms with van der Waals surface area (Å²) in [6, 6.07) is 5.00. The first-order valence-corrected chi connectivity index (χ1v) is 9.31. The number of aromatic nitrogens is 2. The third-order valence-electron chi connectivity index (χ3n) is 3.84. The summed E-state index contributed by atoms with van der Waals surface area (Å²) in [5.41, 5.74) is 0. The van der Waals surface area contributed by atoms with Gasteiger partial charge in [0.2, 0.25) is 16.0 Å². The zero-order valence-corrected chi connectivity index (χ0v) is 14.3. The molecular weight excluding hydrogens is 355 g/mol. The van der Waals surface area contributed by atoms with Gasteiger partial charge in [0.25, 0.3) is 0 Å². The van der Waals surface area contributed by atoms with Crippen molar-refractivity contribution in [3.63, 3.8) is 0 Å². The molecule has 6 nitrogen and oxygen atoms in total. The molecule has 1 aliphatic heterocycles. The molecule has 1 aliphatic rings. The fraction of sp³-hybridized carbons (Fsp3) is 0.333. The predicted octanol–water partition coefficient (Wildman–Crippen LogP) is 2.22. The van der Waals surface area contributed by atoms with E-state index >= 15 is 0 Å². The molecule has 0 aliphatic carbocycles. The molecule has 128 valence electrons. The molecule has 0 radical (unpaired) electrons. The maximum absolute atomic E-state index is 13.9. The second kappa shape index (κ2) is 7.00. The molecule has 9 heteroatoms. The fourth-order valence-electron chi connectivity index (χ4n) is 2.63. The fourth-order valence-corrected chi connectivity index (χ4v) is 4.15. The summed E-state index contributed by atoms with van der Waals surface area (Å²) in [6.45, 7) is 1.25. The molecule has 1 fully saturated rings. The van der Waals surface area contributed by atoms with E-state index in [0.717, 1.165) is 6.07 Å². The zero-order valence-electron chi connectivity index (χ0n) is 12.7. The number of piperidine rings is 1. The van der Waals surface area contributed by atoms with E-state index in [9.17, 15) is 12.8 Å². The van der Waals surface area contributed by atoms with Crippen LogP contribution in [-0.4, -0.2) is 37.5 Å². The van der Waals surface area contributed by atoms with E-state index in [1.807, 2.05) is 4.90 Å². The van der Waals surface area contributed by atoms with Gasteiger partial charge in [-0.2, -0.15) is 0 Å². The normalized spacial score (nSPS) is 16.3. The summed E-state index contributed by atoms with van der Waals surface area (Å²) in [5.74, 6) is -0.229. The summed E-state index contributed by atoms with van der Waals surface area (Å²) in [7, 11) is -3.92. The molecule has 1 saturated heterocycles. The van der Waals surface area contributed by atoms with Crippen LogP contribution in [0.1, 0.15) is 12.8 Å². The van der Waals surface area contributed by atoms with Gasteiger partial charge < -0.3 is 4.90 Å². The van der Waals surface area contributed by atoms with Crippen molar-refractivity contribution >= 4 is 27.6 Å². The van der Waals surface area contributed by atoms with Gasteiger partial charge in [0, 0.05) is 36.5 Å². The molecule has 1 N–H and O–H groups in total. The largest absolute Gasteiger partial charge is 0.341 e. The van der Waals surface area contributed by atoms with E-state index in [4.69, 9.17) is 11.6 Å². The number of rotatable bonds is 4. The Balaban J connectivity index is 1.65. The lowest BCUT2D eigenvalue weighted by molar-refractivity contribution is 0.454. The lowest BCUT2D eigenvalue weighted by Crippen LogP contribution is -2.45. The lowest BCUT2D eigenvalue weighted by Gasteiger charge is -2.32. The van der Waals surface area contributed by atoms with E-state index in [1.165, 1.54) is 12.1 Å². The number of sulfonamides is 1. The number of benzene rings is 1. The minimum absolute atomic E-state index is 0.155. The van der Waals surface area contributed by atoms with E-state index in [1.54, 1.807) is 18.5 Å². The van der Waals surface area contributed by atoms with Crippen molar-refractivity contribution in [2.24, 2.45) is 0 Å². The lowest BCUT2D eigenvalue weighted by atomic mass is 10.1. The van der Waals surface area contributed by atoms with Crippen molar-refractivity contribution < 1.29 is 12.8 Å². The standard InChI is InChI=1S/C15H16ClFN4O2S/c16-11-2-3-14(13(17)10-11)24(22,23)20-12-4-8-21(9-5-12)15-18-6-1-7-19-15/h1-3,6-7,10,12,20H,4-5,8-9H2. The molecule has 2 aromatic rings. The molecule has 0 unspecified atom stereocenters. The molecule has 1 aromatic heterocycles. The van der Waals surface area contributed by atoms with Gasteiger partial charge in [-0.05, 0) is 37.1 Å². The number of nitrogens with zero attached hydrogens (tertiary/aromatic N) is 3. The zero-order chi connectivity index (χ0) is 17.2. The average molecular weight is 371 g/mol. The van der Waals surface area contributed by atoms with Gasteiger partial charge >= 0.3 is 0 Å². The molecule has 0 atom stereocenters. The Bertz CT molecular complexity index is 811. The maximum Gasteiger partial charge on any atom is 0.243 e. The number of halogens is 2. The second-order valence-electron chi connectivity index (χ2n) is 5.51. The first-order chi connectivity index (χ1) is 11.5. The van der Waals surface area contributed by atoms with E-state index < -0.39 is 15.8 Å². The second-order valence-corrected chi connectivity index (χ2v) is 7.62. The van der Waals surface area contributed by atoms with E-state index in [2.05, 4.69) is 14.7 Å². The number of anilines is 1. The van der Waals surface area contributed by atoms with Crippen molar-refractivity contribution in [1.82, 2.24) is 14.7 Å². The van der Waals surface area contributed by atoms with Crippen LogP contribution in [0.4, 0.5) is 10.3 Å². The van der Waals surface area contributed by atoms with Crippen LogP contribution in [-0.2, 0) is 10.0 Å². The molecule has 0 spiro atoms. The first kappa shape index (κ1) is 17.1. The average Bonchev–Trinajstić information content (AvgIpc) is 2.55. The van der Waals surface area contributed by atoms with Gasteiger partial charge in [0.15, 0.2) is 0 Å². The van der Waals surface area contributed by atoms with Crippen LogP contribution in [0.5, 0.6) is 0 Å². The quantitative estimate of drug-likeness (QED) is 0.893. The van der Waals surface area contributed by atoms with Crippen LogP contribution < -0.4 is 9.62 Å². The summed E-state index contributed by atoms with van der Waals surface area (Å²) >= 11 is 5.66. The Morgan fingerprint density at radius 1 is 1.21 bits per heavy atom. The summed E-state index contributed by atoms with van der Waals surface area (Å²) < 4.78 is 41.1. The first-order valence-electron chi connectivity index (χ1n) is 7.45. The summed E-state index contributed by atoms with van der Waals surface area (Å²) in [4.78, 5) is 9.97. The Hall–Kier alpha value is -1.77. The highest BCUT2D eigenvalue weighted by atomic mass is 35.5. The summed E-state index contributed by atoms with van der Waals surface area (Å²) in [6.07, 6.45) is 4.51. The molecule has 24 heavy (non-hydrogen) atoms. The third-order valence-corrected chi connectivity index (χ3v) is 5.62. The number of hydrogen-bond acceptors (Lipinski definition) is 5. The van der Waals surface area contributed by atoms with Crippen LogP contribution in [0.25, 0.3) is 0 Å². The van der Waals surface area contributed by atoms with Crippen LogP contribution in [0.15, 0.2) is 41.6 Å². The van der Waals surface area contributed by atoms with Crippen molar-refractivity contribution in [3.05, 3.63) is 47.5 Å². The topological polar surface area (TPSA) is 75.2 Å². The van der Waals surface area contributed by atoms with Crippen molar-refractivity contribution in [2.75, 3.05) is 18.0 Å². The Kier molecular flexibility index (Phi) is 4.98. The molecular formula is C15H16ClFN4O2S. The van der Waals surface area contributed by atoms with Crippen molar-refractivity contribution in [2.45, 2.75) is 23.8 Å². The van der Waals surface area contributed by atoms with Gasteiger partial charge in [0.05, 0.1) is 0 Å². The van der Waals surface area contributed by atoms with Gasteiger partial charge in [-0.1, -0.05) is 11.6 Å². The van der Waals surface area contributed by atoms with Crippen LogP contribution in [0.2, 0.25) is 5.02 Å². The Morgan fingerprint density at radius 2 is 1.88 bits per heavy atom. The van der Waals surface area contributed by atoms with Crippen LogP contribution in [0, 0.1) is 5.82 Å². The Morgan fingerprint density at radius 3 is 2.50 bits per heavy atom. The van der Waals surface area contributed by atoms with Crippen LogP contribution in [0.3, 0.4) is 0 Å². The molecule has 0 amide bonds. The van der Waals surface area contributed by atoms with Crippen molar-refractivity contribution in [1.29, 1.82) is 0 Å². The highest BCUT2D eigenvalue weighted by Gasteiger charge is 2.27. The van der Waals surface area contributed by atoms with Gasteiger partial charge in [0.1, 0.15) is 10.7 Å². The number of nitrogens with one attached hydrogen (secondary N) is 1. The molecule has 0 saturated carbocycles. The van der Waals surface area contributed by atoms with Crippen molar-refractivity contribution in [3.8, 4) is 0 Å². The smallest absolute Gasteiger partial charge is 0.243 e. The minimum atomic E-state index is -3.92. The van der Waals surface area contributed by atoms with Crippen LogP contribution >= 0.6 is 11.6 Å². The highest BCUT2D eigenvalue weighted by molar-refractivity contribution is 7.89. The monoisotopic (exact) mass is 370 g/mol. The Labute approximate surface area is 144 Å². The van der Waals surface area contributed by atoms with Gasteiger partial charge in [-0.25, -0.2) is 27.5 Å². The van der Waals surface area contributed by atoms with Gasteiger partial charge in [-0.15, -0.1) is 0 Å². The third kappa shape index (κ3) is 3.82. The number of hydrogen-bond donors (Lipinski definition) is 1. The predicted molar refractivity (Wildman–Crippen MR) is 89.0 cm³/mol. The highest BCUT2D eigenvalue weighted by Crippen LogP contribution is 2.21. The molecule has 0 bridgehead atoms. The molecule has 3 rings (SSSR count). The minimum Gasteiger partial charge on any atom is -0.341 e. The SMILES string of the molecule is O=S(=O)(NC1CCN(c2ncccn2)CC1)c1ccc(Cl)cc1F. The molecule has 1 aromatic carbocycles. The van der Waals surface area contributed by atoms with E-state index in [-0.39, 0.29) is 16.0 Å². The summed E-state index contributed by atoms with van der Waals surface area (Å²) in [5, 5.41) is 0.155. The molecule has 2 heterocycles.